The van der Waals surface area contributed by atoms with Gasteiger partial charge in [0.15, 0.2) is 0 Å². The fourth-order valence-electron chi connectivity index (χ4n) is 2.00. The maximum Gasteiger partial charge on any atom is 0.242 e. The number of nitrogens with zero attached hydrogens (tertiary/aromatic N) is 3. The molecule has 0 radical (unpaired) electrons. The van der Waals surface area contributed by atoms with E-state index in [-0.39, 0.29) is 25.0 Å². The van der Waals surface area contributed by atoms with Crippen LogP contribution in [0.15, 0.2) is 0 Å². The highest BCUT2D eigenvalue weighted by atomic mass is 16.3. The van der Waals surface area contributed by atoms with Crippen molar-refractivity contribution < 1.29 is 14.7 Å². The number of carbonyl (C=O) groups excluding carboxylic acids is 2. The third-order valence-corrected chi connectivity index (χ3v) is 3.27. The van der Waals surface area contributed by atoms with E-state index in [1.165, 1.54) is 11.8 Å². The standard InChI is InChI=1S/C12H23N3O3/c1-11(17)13(2)10-12(18)15-5-3-4-14(6-7-15)8-9-16/h16H,3-10H2,1-2H3. The van der Waals surface area contributed by atoms with Gasteiger partial charge in [0, 0.05) is 40.2 Å². The van der Waals surface area contributed by atoms with Crippen molar-refractivity contribution in [2.75, 3.05) is 52.9 Å². The zero-order valence-electron chi connectivity index (χ0n) is 11.3. The van der Waals surface area contributed by atoms with Crippen molar-refractivity contribution in [2.45, 2.75) is 13.3 Å². The lowest BCUT2D eigenvalue weighted by molar-refractivity contribution is -0.138. The molecule has 0 spiro atoms. The number of amides is 2. The average Bonchev–Trinajstić information content (AvgIpc) is 2.55. The van der Waals surface area contributed by atoms with Crippen molar-refractivity contribution in [1.82, 2.24) is 14.7 Å². The Bertz CT molecular complexity index is 296. The number of aliphatic hydroxyl groups is 1. The van der Waals surface area contributed by atoms with Gasteiger partial charge in [-0.05, 0) is 13.0 Å². The van der Waals surface area contributed by atoms with Crippen LogP contribution >= 0.6 is 0 Å². The molecule has 0 bridgehead atoms. The Balaban J connectivity index is 2.42. The van der Waals surface area contributed by atoms with E-state index in [1.807, 2.05) is 0 Å². The molecular weight excluding hydrogens is 234 g/mol. The van der Waals surface area contributed by atoms with Crippen LogP contribution in [-0.4, -0.2) is 84.5 Å². The monoisotopic (exact) mass is 257 g/mol. The first-order chi connectivity index (χ1) is 8.54. The Morgan fingerprint density at radius 1 is 1.22 bits per heavy atom. The molecule has 0 atom stereocenters. The van der Waals surface area contributed by atoms with Gasteiger partial charge in [-0.15, -0.1) is 0 Å². The first kappa shape index (κ1) is 14.9. The fraction of sp³-hybridized carbons (Fsp3) is 0.833. The summed E-state index contributed by atoms with van der Waals surface area (Å²) in [5.41, 5.74) is 0. The molecule has 0 aromatic rings. The lowest BCUT2D eigenvalue weighted by atomic mass is 10.3. The van der Waals surface area contributed by atoms with E-state index in [1.54, 1.807) is 11.9 Å². The Kier molecular flexibility index (Phi) is 6.07. The highest BCUT2D eigenvalue weighted by Gasteiger charge is 2.20. The minimum Gasteiger partial charge on any atom is -0.395 e. The minimum atomic E-state index is -0.0971. The van der Waals surface area contributed by atoms with Gasteiger partial charge in [-0.1, -0.05) is 0 Å². The van der Waals surface area contributed by atoms with E-state index in [2.05, 4.69) is 4.90 Å². The highest BCUT2D eigenvalue weighted by molar-refractivity contribution is 5.83. The number of rotatable bonds is 4. The first-order valence-electron chi connectivity index (χ1n) is 6.37. The van der Waals surface area contributed by atoms with Gasteiger partial charge < -0.3 is 14.9 Å². The van der Waals surface area contributed by atoms with E-state index in [4.69, 9.17) is 5.11 Å². The van der Waals surface area contributed by atoms with Crippen LogP contribution in [0.2, 0.25) is 0 Å². The number of hydrogen-bond donors (Lipinski definition) is 1. The predicted molar refractivity (Wildman–Crippen MR) is 68.0 cm³/mol. The molecular formula is C12H23N3O3. The molecule has 1 fully saturated rings. The number of carbonyl (C=O) groups is 2. The number of β-amino-alcohol motifs (C(OH)–C–C–N with tert-alkyl or cyclic N) is 1. The minimum absolute atomic E-state index is 0.00134. The number of aliphatic hydroxyl groups excluding tert-OH is 1. The fourth-order valence-corrected chi connectivity index (χ4v) is 2.00. The highest BCUT2D eigenvalue weighted by Crippen LogP contribution is 2.03. The summed E-state index contributed by atoms with van der Waals surface area (Å²) in [7, 11) is 1.64. The van der Waals surface area contributed by atoms with Crippen LogP contribution in [-0.2, 0) is 9.59 Å². The summed E-state index contributed by atoms with van der Waals surface area (Å²) < 4.78 is 0. The second-order valence-electron chi connectivity index (χ2n) is 4.67. The van der Waals surface area contributed by atoms with Gasteiger partial charge in [0.1, 0.15) is 0 Å². The Labute approximate surface area is 108 Å². The molecule has 1 rings (SSSR count). The Hall–Kier alpha value is -1.14. The summed E-state index contributed by atoms with van der Waals surface area (Å²) in [4.78, 5) is 28.5. The zero-order valence-corrected chi connectivity index (χ0v) is 11.3. The van der Waals surface area contributed by atoms with E-state index in [0.717, 1.165) is 26.1 Å². The molecule has 1 heterocycles. The lowest BCUT2D eigenvalue weighted by Gasteiger charge is -2.24. The molecule has 6 heteroatoms. The summed E-state index contributed by atoms with van der Waals surface area (Å²) >= 11 is 0. The quantitative estimate of drug-likeness (QED) is 0.701. The molecule has 1 aliphatic rings. The lowest BCUT2D eigenvalue weighted by Crippen LogP contribution is -2.42. The van der Waals surface area contributed by atoms with Crippen LogP contribution in [0.3, 0.4) is 0 Å². The summed E-state index contributed by atoms with van der Waals surface area (Å²) in [6, 6.07) is 0. The third-order valence-electron chi connectivity index (χ3n) is 3.27. The Morgan fingerprint density at radius 3 is 2.56 bits per heavy atom. The molecule has 2 amide bonds. The molecule has 1 N–H and O–H groups in total. The number of likely N-dealkylation sites (N-methyl/N-ethyl adjacent to an activating group) is 1. The van der Waals surface area contributed by atoms with E-state index >= 15 is 0 Å². The van der Waals surface area contributed by atoms with Gasteiger partial charge in [0.05, 0.1) is 13.2 Å². The van der Waals surface area contributed by atoms with Crippen LogP contribution in [0, 0.1) is 0 Å². The van der Waals surface area contributed by atoms with E-state index in [0.29, 0.717) is 13.1 Å². The molecule has 0 aromatic carbocycles. The molecule has 0 aliphatic carbocycles. The van der Waals surface area contributed by atoms with Gasteiger partial charge >= 0.3 is 0 Å². The van der Waals surface area contributed by atoms with Crippen LogP contribution in [0.25, 0.3) is 0 Å². The molecule has 1 aliphatic heterocycles. The smallest absolute Gasteiger partial charge is 0.242 e. The van der Waals surface area contributed by atoms with Crippen molar-refractivity contribution in [3.8, 4) is 0 Å². The molecule has 0 unspecified atom stereocenters. The van der Waals surface area contributed by atoms with Crippen LogP contribution in [0.5, 0.6) is 0 Å². The largest absolute Gasteiger partial charge is 0.395 e. The summed E-state index contributed by atoms with van der Waals surface area (Å²) in [6.07, 6.45) is 0.912. The van der Waals surface area contributed by atoms with Crippen LogP contribution < -0.4 is 0 Å². The number of hydrogen-bond acceptors (Lipinski definition) is 4. The van der Waals surface area contributed by atoms with Crippen LogP contribution in [0.4, 0.5) is 0 Å². The van der Waals surface area contributed by atoms with Crippen molar-refractivity contribution in [2.24, 2.45) is 0 Å². The summed E-state index contributed by atoms with van der Waals surface area (Å²) in [5, 5.41) is 8.90. The van der Waals surface area contributed by atoms with Gasteiger partial charge in [-0.25, -0.2) is 0 Å². The van der Waals surface area contributed by atoms with E-state index in [9.17, 15) is 9.59 Å². The van der Waals surface area contributed by atoms with Crippen molar-refractivity contribution in [3.63, 3.8) is 0 Å². The normalized spacial score (nSPS) is 17.4. The second kappa shape index (κ2) is 7.33. The SMILES string of the molecule is CC(=O)N(C)CC(=O)N1CCCN(CCO)CC1. The van der Waals surface area contributed by atoms with Gasteiger partial charge in [-0.2, -0.15) is 0 Å². The molecule has 0 aromatic heterocycles. The van der Waals surface area contributed by atoms with Crippen molar-refractivity contribution in [3.05, 3.63) is 0 Å². The van der Waals surface area contributed by atoms with Crippen molar-refractivity contribution >= 4 is 11.8 Å². The van der Waals surface area contributed by atoms with E-state index < -0.39 is 0 Å². The first-order valence-corrected chi connectivity index (χ1v) is 6.37. The maximum atomic E-state index is 12.0. The molecule has 1 saturated heterocycles. The van der Waals surface area contributed by atoms with Gasteiger partial charge in [0.2, 0.25) is 11.8 Å². The Morgan fingerprint density at radius 2 is 1.94 bits per heavy atom. The second-order valence-corrected chi connectivity index (χ2v) is 4.67. The third kappa shape index (κ3) is 4.62. The average molecular weight is 257 g/mol. The zero-order chi connectivity index (χ0) is 13.5. The predicted octanol–water partition coefficient (Wildman–Crippen LogP) is -1.01. The topological polar surface area (TPSA) is 64.1 Å². The summed E-state index contributed by atoms with van der Waals surface area (Å²) in [5.74, 6) is -0.0985. The molecule has 6 nitrogen and oxygen atoms in total. The molecule has 0 saturated carbocycles. The van der Waals surface area contributed by atoms with Gasteiger partial charge in [-0.3, -0.25) is 14.5 Å². The maximum absolute atomic E-state index is 12.0. The summed E-state index contributed by atoms with van der Waals surface area (Å²) in [6.45, 7) is 5.52. The molecule has 104 valence electrons. The molecule has 18 heavy (non-hydrogen) atoms. The van der Waals surface area contributed by atoms with Crippen molar-refractivity contribution in [1.29, 1.82) is 0 Å². The van der Waals surface area contributed by atoms with Crippen LogP contribution in [0.1, 0.15) is 13.3 Å². The van der Waals surface area contributed by atoms with Gasteiger partial charge in [0.25, 0.3) is 0 Å².